The van der Waals surface area contributed by atoms with Crippen LogP contribution in [0.15, 0.2) is 22.8 Å². The van der Waals surface area contributed by atoms with Gasteiger partial charge in [-0.05, 0) is 24.8 Å². The summed E-state index contributed by atoms with van der Waals surface area (Å²) in [5, 5.41) is 1.06. The molecule has 0 fully saturated rings. The van der Waals surface area contributed by atoms with Crippen LogP contribution in [0.2, 0.25) is 0 Å². The molecule has 0 N–H and O–H groups in total. The van der Waals surface area contributed by atoms with Gasteiger partial charge in [-0.3, -0.25) is 0 Å². The molecule has 0 nitrogen and oxygen atoms in total. The minimum Gasteiger partial charge on any atom is -0.0888 e. The van der Waals surface area contributed by atoms with E-state index in [1.54, 1.807) is 0 Å². The normalized spacial score (nSPS) is 18.9. The third-order valence-corrected chi connectivity index (χ3v) is 2.01. The fraction of sp³-hybridized carbons (Fsp3) is 0.500. The highest BCUT2D eigenvalue weighted by Gasteiger charge is 2.01. The Labute approximate surface area is 61.2 Å². The van der Waals surface area contributed by atoms with Crippen molar-refractivity contribution in [3.63, 3.8) is 0 Å². The first kappa shape index (κ1) is 6.88. The molecule has 0 amide bonds. The zero-order chi connectivity index (χ0) is 6.69. The van der Waals surface area contributed by atoms with Crippen molar-refractivity contribution >= 4 is 11.6 Å². The monoisotopic (exact) mass is 142 g/mol. The predicted molar refractivity (Wildman–Crippen MR) is 41.5 cm³/mol. The molecule has 0 atom stereocenters. The fourth-order valence-corrected chi connectivity index (χ4v) is 1.30. The van der Waals surface area contributed by atoms with Gasteiger partial charge < -0.3 is 0 Å². The second kappa shape index (κ2) is 3.07. The molecular weight excluding hydrogens is 132 g/mol. The molecule has 0 aliphatic heterocycles. The van der Waals surface area contributed by atoms with Crippen LogP contribution >= 0.6 is 11.6 Å². The average Bonchev–Trinajstić information content (AvgIpc) is 1.89. The van der Waals surface area contributed by atoms with Gasteiger partial charge in [-0.15, -0.1) is 0 Å². The molecule has 0 aromatic rings. The number of hydrogen-bond donors (Lipinski definition) is 0. The Hall–Kier alpha value is -0.230. The van der Waals surface area contributed by atoms with Crippen LogP contribution in [0.3, 0.4) is 0 Å². The fourth-order valence-electron chi connectivity index (χ4n) is 0.996. The molecule has 50 valence electrons. The van der Waals surface area contributed by atoms with E-state index in [1.807, 2.05) is 0 Å². The summed E-state index contributed by atoms with van der Waals surface area (Å²) >= 11 is 5.91. The first-order valence-electron chi connectivity index (χ1n) is 3.38. The van der Waals surface area contributed by atoms with Crippen LogP contribution in [0.25, 0.3) is 0 Å². The molecule has 1 aliphatic rings. The quantitative estimate of drug-likeness (QED) is 0.527. The Bertz CT molecular complexity index is 154. The van der Waals surface area contributed by atoms with E-state index in [-0.39, 0.29) is 0 Å². The van der Waals surface area contributed by atoms with Crippen molar-refractivity contribution < 1.29 is 0 Å². The van der Waals surface area contributed by atoms with Crippen molar-refractivity contribution in [2.75, 3.05) is 0 Å². The highest BCUT2D eigenvalue weighted by molar-refractivity contribution is 6.30. The molecule has 0 saturated carbocycles. The number of allylic oxidation sites excluding steroid dienone is 4. The molecule has 0 aromatic heterocycles. The van der Waals surface area contributed by atoms with E-state index in [4.69, 9.17) is 11.6 Å². The lowest BCUT2D eigenvalue weighted by Crippen LogP contribution is -1.86. The third-order valence-electron chi connectivity index (χ3n) is 1.58. The van der Waals surface area contributed by atoms with Crippen LogP contribution in [0, 0.1) is 0 Å². The van der Waals surface area contributed by atoms with E-state index in [0.717, 1.165) is 24.3 Å². The van der Waals surface area contributed by atoms with E-state index in [9.17, 15) is 0 Å². The maximum atomic E-state index is 5.91. The molecule has 1 aliphatic carbocycles. The molecule has 0 radical (unpaired) electrons. The number of hydrogen-bond acceptors (Lipinski definition) is 0. The second-order valence-corrected chi connectivity index (χ2v) is 2.68. The van der Waals surface area contributed by atoms with Crippen LogP contribution in [-0.2, 0) is 0 Å². The van der Waals surface area contributed by atoms with Gasteiger partial charge in [0.05, 0.1) is 0 Å². The number of rotatable bonds is 1. The molecule has 9 heavy (non-hydrogen) atoms. The maximum absolute atomic E-state index is 5.91. The van der Waals surface area contributed by atoms with Crippen molar-refractivity contribution in [1.29, 1.82) is 0 Å². The summed E-state index contributed by atoms with van der Waals surface area (Å²) in [5.74, 6) is 0. The van der Waals surface area contributed by atoms with E-state index in [1.165, 1.54) is 5.57 Å². The number of halogens is 1. The van der Waals surface area contributed by atoms with E-state index < -0.39 is 0 Å². The molecule has 0 unspecified atom stereocenters. The van der Waals surface area contributed by atoms with E-state index in [0.29, 0.717) is 0 Å². The SMILES string of the molecule is CCC1=C(Cl)CCC=C1. The lowest BCUT2D eigenvalue weighted by atomic mass is 10.1. The second-order valence-electron chi connectivity index (χ2n) is 2.22. The van der Waals surface area contributed by atoms with Crippen molar-refractivity contribution in [2.24, 2.45) is 0 Å². The van der Waals surface area contributed by atoms with Crippen molar-refractivity contribution in [1.82, 2.24) is 0 Å². The zero-order valence-electron chi connectivity index (χ0n) is 5.65. The predicted octanol–water partition coefficient (Wildman–Crippen LogP) is 3.24. The zero-order valence-corrected chi connectivity index (χ0v) is 6.41. The summed E-state index contributed by atoms with van der Waals surface area (Å²) in [7, 11) is 0. The summed E-state index contributed by atoms with van der Waals surface area (Å²) < 4.78 is 0. The summed E-state index contributed by atoms with van der Waals surface area (Å²) in [6, 6.07) is 0. The van der Waals surface area contributed by atoms with Crippen LogP contribution < -0.4 is 0 Å². The van der Waals surface area contributed by atoms with Crippen molar-refractivity contribution in [3.05, 3.63) is 22.8 Å². The minimum atomic E-state index is 1.04. The molecule has 0 saturated heterocycles. The Morgan fingerprint density at radius 2 is 2.44 bits per heavy atom. The summed E-state index contributed by atoms with van der Waals surface area (Å²) in [5.41, 5.74) is 1.31. The van der Waals surface area contributed by atoms with Crippen molar-refractivity contribution in [3.8, 4) is 0 Å². The van der Waals surface area contributed by atoms with Crippen LogP contribution in [0.1, 0.15) is 26.2 Å². The molecule has 0 bridgehead atoms. The molecule has 0 aromatic carbocycles. The molecular formula is C8H11Cl. The van der Waals surface area contributed by atoms with Gasteiger partial charge in [0.25, 0.3) is 0 Å². The van der Waals surface area contributed by atoms with Gasteiger partial charge in [-0.1, -0.05) is 30.7 Å². The van der Waals surface area contributed by atoms with Gasteiger partial charge in [0.2, 0.25) is 0 Å². The lowest BCUT2D eigenvalue weighted by molar-refractivity contribution is 0.965. The first-order chi connectivity index (χ1) is 4.34. The molecule has 0 heterocycles. The van der Waals surface area contributed by atoms with E-state index in [2.05, 4.69) is 19.1 Å². The maximum Gasteiger partial charge on any atom is 0.0215 e. The first-order valence-corrected chi connectivity index (χ1v) is 3.76. The van der Waals surface area contributed by atoms with E-state index >= 15 is 0 Å². The smallest absolute Gasteiger partial charge is 0.0215 e. The van der Waals surface area contributed by atoms with Gasteiger partial charge >= 0.3 is 0 Å². The third kappa shape index (κ3) is 1.59. The van der Waals surface area contributed by atoms with Crippen LogP contribution in [0.5, 0.6) is 0 Å². The molecule has 1 rings (SSSR count). The average molecular weight is 143 g/mol. The standard InChI is InChI=1S/C8H11Cl/c1-2-7-5-3-4-6-8(7)9/h3,5H,2,4,6H2,1H3. The summed E-state index contributed by atoms with van der Waals surface area (Å²) in [6.07, 6.45) is 7.54. The van der Waals surface area contributed by atoms with Crippen molar-refractivity contribution in [2.45, 2.75) is 26.2 Å². The van der Waals surface area contributed by atoms with Crippen LogP contribution in [0.4, 0.5) is 0 Å². The molecule has 1 heteroatoms. The summed E-state index contributed by atoms with van der Waals surface area (Å²) in [6.45, 7) is 2.13. The lowest BCUT2D eigenvalue weighted by Gasteiger charge is -2.07. The van der Waals surface area contributed by atoms with Gasteiger partial charge in [0, 0.05) is 5.03 Å². The van der Waals surface area contributed by atoms with Gasteiger partial charge in [-0.25, -0.2) is 0 Å². The van der Waals surface area contributed by atoms with Gasteiger partial charge in [0.15, 0.2) is 0 Å². The largest absolute Gasteiger partial charge is 0.0888 e. The van der Waals surface area contributed by atoms with Crippen LogP contribution in [-0.4, -0.2) is 0 Å². The topological polar surface area (TPSA) is 0 Å². The Morgan fingerprint density at radius 3 is 2.89 bits per heavy atom. The Kier molecular flexibility index (Phi) is 2.35. The Morgan fingerprint density at radius 1 is 1.67 bits per heavy atom. The minimum absolute atomic E-state index is 1.04. The highest BCUT2D eigenvalue weighted by Crippen LogP contribution is 2.23. The molecule has 0 spiro atoms. The van der Waals surface area contributed by atoms with Gasteiger partial charge in [0.1, 0.15) is 0 Å². The highest BCUT2D eigenvalue weighted by atomic mass is 35.5. The van der Waals surface area contributed by atoms with Gasteiger partial charge in [-0.2, -0.15) is 0 Å². The summed E-state index contributed by atoms with van der Waals surface area (Å²) in [4.78, 5) is 0. The Balaban J connectivity index is 2.72.